The molecule has 0 saturated carbocycles. The summed E-state index contributed by atoms with van der Waals surface area (Å²) in [5, 5.41) is 20.9. The molecule has 0 aliphatic carbocycles. The van der Waals surface area contributed by atoms with Crippen LogP contribution < -0.4 is 10.0 Å². The number of anilines is 1. The smallest absolute Gasteiger partial charge is 0.475 e. The first kappa shape index (κ1) is 40.7. The summed E-state index contributed by atoms with van der Waals surface area (Å²) in [5.74, 6) is -4.53. The number of amides is 2. The highest BCUT2D eigenvalue weighted by Crippen LogP contribution is 2.36. The molecular weight excluding hydrogens is 707 g/mol. The number of hydrogen-bond donors (Lipinski definition) is 4. The molecule has 0 unspecified atom stereocenters. The standard InChI is InChI=1S/C31H36F2N4O6S.C2HF3O2/c1-19(36-44(41,42)26-12-7-22(32)8-13-26)29(39)35-24-9-5-20(6-10-24)15-25-11-14-27(37(25)30(40)43-31(2,3)4)28(38)21-16-23(33)18-34-17-21;3-2(4,5)1(6)7/h5-10,12-13,16-19,25,27-28,36,38H,11,14-15H2,1-4H3,(H,35,39);(H,6,7)/t19-,25-,27+,28+;/m0./s1. The maximum atomic E-state index is 13.8. The number of nitrogens with zero attached hydrogens (tertiary/aromatic N) is 2. The minimum atomic E-state index is -5.08. The second-order valence-electron chi connectivity index (χ2n) is 12.6. The molecule has 0 bridgehead atoms. The van der Waals surface area contributed by atoms with Crippen molar-refractivity contribution in [2.24, 2.45) is 0 Å². The molecule has 4 N–H and O–H groups in total. The number of halogens is 5. The fourth-order valence-electron chi connectivity index (χ4n) is 5.05. The van der Waals surface area contributed by atoms with Crippen molar-refractivity contribution in [2.75, 3.05) is 5.32 Å². The van der Waals surface area contributed by atoms with Crippen LogP contribution in [0.3, 0.4) is 0 Å². The maximum absolute atomic E-state index is 13.8. The summed E-state index contributed by atoms with van der Waals surface area (Å²) in [7, 11) is -4.05. The quantitative estimate of drug-likeness (QED) is 0.211. The summed E-state index contributed by atoms with van der Waals surface area (Å²) in [6.45, 7) is 6.64. The number of carbonyl (C=O) groups is 3. The van der Waals surface area contributed by atoms with Crippen LogP contribution in [0.25, 0.3) is 0 Å². The number of aliphatic carboxylic acids is 1. The molecule has 1 saturated heterocycles. The Morgan fingerprint density at radius 1 is 0.980 bits per heavy atom. The third kappa shape index (κ3) is 12.0. The van der Waals surface area contributed by atoms with Crippen molar-refractivity contribution in [3.05, 3.63) is 89.8 Å². The van der Waals surface area contributed by atoms with E-state index in [4.69, 9.17) is 14.6 Å². The van der Waals surface area contributed by atoms with Crippen molar-refractivity contribution in [1.29, 1.82) is 0 Å². The molecule has 4 rings (SSSR count). The van der Waals surface area contributed by atoms with E-state index in [1.54, 1.807) is 45.0 Å². The van der Waals surface area contributed by atoms with Gasteiger partial charge < -0.3 is 20.3 Å². The monoisotopic (exact) mass is 744 g/mol. The maximum Gasteiger partial charge on any atom is 0.490 e. The van der Waals surface area contributed by atoms with Gasteiger partial charge in [0.15, 0.2) is 0 Å². The predicted octanol–water partition coefficient (Wildman–Crippen LogP) is 5.34. The van der Waals surface area contributed by atoms with Gasteiger partial charge in [-0.1, -0.05) is 12.1 Å². The number of likely N-dealkylation sites (tertiary alicyclic amines) is 1. The zero-order valence-corrected chi connectivity index (χ0v) is 28.6. The first-order valence-electron chi connectivity index (χ1n) is 15.3. The second-order valence-corrected chi connectivity index (χ2v) is 14.3. The summed E-state index contributed by atoms with van der Waals surface area (Å²) in [6.07, 6.45) is -2.99. The number of nitrogens with one attached hydrogen (secondary N) is 2. The van der Waals surface area contributed by atoms with Crippen LogP contribution in [0.1, 0.15) is 57.8 Å². The largest absolute Gasteiger partial charge is 0.490 e. The fraction of sp³-hybridized carbons (Fsp3) is 0.394. The lowest BCUT2D eigenvalue weighted by Gasteiger charge is -2.34. The number of hydrogen-bond acceptors (Lipinski definition) is 8. The molecule has 2 amide bonds. The number of alkyl halides is 3. The lowest BCUT2D eigenvalue weighted by Crippen LogP contribution is -2.47. The van der Waals surface area contributed by atoms with Crippen molar-refractivity contribution < 1.29 is 59.7 Å². The number of ether oxygens (including phenoxy) is 1. The van der Waals surface area contributed by atoms with E-state index in [0.717, 1.165) is 36.0 Å². The molecule has 51 heavy (non-hydrogen) atoms. The third-order valence-corrected chi connectivity index (χ3v) is 8.92. The van der Waals surface area contributed by atoms with E-state index in [-0.39, 0.29) is 16.5 Å². The SMILES string of the molecule is C[C@H](NS(=O)(=O)c1ccc(F)cc1)C(=O)Nc1ccc(C[C@@H]2CC[C@H]([C@H](O)c3cncc(F)c3)N2C(=O)OC(C)(C)C)cc1.O=C(O)C(F)(F)F. The minimum absolute atomic E-state index is 0.169. The number of rotatable bonds is 9. The molecular formula is C33H37F5N4O8S. The summed E-state index contributed by atoms with van der Waals surface area (Å²) in [4.78, 5) is 40.1. The highest BCUT2D eigenvalue weighted by molar-refractivity contribution is 7.89. The summed E-state index contributed by atoms with van der Waals surface area (Å²) >= 11 is 0. The zero-order chi connectivity index (χ0) is 38.3. The Morgan fingerprint density at radius 2 is 1.57 bits per heavy atom. The number of benzene rings is 2. The van der Waals surface area contributed by atoms with Gasteiger partial charge in [0, 0.05) is 23.5 Å². The van der Waals surface area contributed by atoms with E-state index < -0.39 is 69.6 Å². The molecule has 2 heterocycles. The van der Waals surface area contributed by atoms with Crippen LogP contribution in [0.4, 0.5) is 32.4 Å². The van der Waals surface area contributed by atoms with E-state index in [1.807, 2.05) is 0 Å². The molecule has 1 fully saturated rings. The van der Waals surface area contributed by atoms with Crippen molar-refractivity contribution in [2.45, 2.75) is 87.9 Å². The molecule has 0 spiro atoms. The lowest BCUT2D eigenvalue weighted by atomic mass is 10.0. The van der Waals surface area contributed by atoms with Crippen molar-refractivity contribution in [3.63, 3.8) is 0 Å². The number of pyridine rings is 1. The number of carbonyl (C=O) groups excluding carboxylic acids is 2. The fourth-order valence-corrected chi connectivity index (χ4v) is 6.25. The van der Waals surface area contributed by atoms with Gasteiger partial charge in [0.1, 0.15) is 23.3 Å². The molecule has 2 aromatic carbocycles. The molecule has 1 aliphatic heterocycles. The first-order chi connectivity index (χ1) is 23.6. The van der Waals surface area contributed by atoms with Gasteiger partial charge in [-0.2, -0.15) is 17.9 Å². The summed E-state index contributed by atoms with van der Waals surface area (Å²) in [5.41, 5.74) is 0.756. The molecule has 1 aliphatic rings. The van der Waals surface area contributed by atoms with Gasteiger partial charge in [-0.25, -0.2) is 26.8 Å². The van der Waals surface area contributed by atoms with Crippen molar-refractivity contribution in [1.82, 2.24) is 14.6 Å². The number of sulfonamides is 1. The van der Waals surface area contributed by atoms with Gasteiger partial charge in [0.25, 0.3) is 0 Å². The Labute approximate surface area is 290 Å². The van der Waals surface area contributed by atoms with Gasteiger partial charge in [-0.15, -0.1) is 0 Å². The number of aliphatic hydroxyl groups excluding tert-OH is 1. The van der Waals surface area contributed by atoms with E-state index in [0.29, 0.717) is 24.9 Å². The van der Waals surface area contributed by atoms with Crippen LogP contribution in [0.2, 0.25) is 0 Å². The predicted molar refractivity (Wildman–Crippen MR) is 173 cm³/mol. The second kappa shape index (κ2) is 16.6. The van der Waals surface area contributed by atoms with Crippen LogP contribution in [-0.2, 0) is 30.8 Å². The Hall–Kier alpha value is -4.68. The van der Waals surface area contributed by atoms with Crippen LogP contribution >= 0.6 is 0 Å². The Balaban J connectivity index is 0.000000908. The normalized spacial score (nSPS) is 17.5. The van der Waals surface area contributed by atoms with Gasteiger partial charge in [-0.05, 0) is 95.0 Å². The molecule has 4 atom stereocenters. The molecule has 0 radical (unpaired) electrons. The number of aliphatic hydroxyl groups is 1. The van der Waals surface area contributed by atoms with Gasteiger partial charge in [0.2, 0.25) is 15.9 Å². The molecule has 3 aromatic rings. The average Bonchev–Trinajstić information content (AvgIpc) is 3.44. The highest BCUT2D eigenvalue weighted by atomic mass is 32.2. The summed E-state index contributed by atoms with van der Waals surface area (Å²) < 4.78 is 91.7. The van der Waals surface area contributed by atoms with E-state index in [9.17, 15) is 45.1 Å². The molecule has 18 heteroatoms. The lowest BCUT2D eigenvalue weighted by molar-refractivity contribution is -0.192. The topological polar surface area (TPSA) is 175 Å². The summed E-state index contributed by atoms with van der Waals surface area (Å²) in [6, 6.07) is 10.2. The van der Waals surface area contributed by atoms with Crippen molar-refractivity contribution >= 4 is 33.7 Å². The van der Waals surface area contributed by atoms with Gasteiger partial charge in [0.05, 0.1) is 23.2 Å². The minimum Gasteiger partial charge on any atom is -0.475 e. The number of carboxylic acids is 1. The Morgan fingerprint density at radius 3 is 2.10 bits per heavy atom. The Bertz CT molecular complexity index is 1790. The van der Waals surface area contributed by atoms with Crippen molar-refractivity contribution in [3.8, 4) is 0 Å². The zero-order valence-electron chi connectivity index (χ0n) is 27.8. The van der Waals surface area contributed by atoms with E-state index >= 15 is 0 Å². The first-order valence-corrected chi connectivity index (χ1v) is 16.8. The number of aromatic nitrogens is 1. The van der Waals surface area contributed by atoms with Gasteiger partial charge >= 0.3 is 18.2 Å². The molecule has 278 valence electrons. The van der Waals surface area contributed by atoms with E-state index in [2.05, 4.69) is 15.0 Å². The number of carboxylic acid groups (broad SMARTS) is 1. The Kier molecular flexibility index (Phi) is 13.2. The van der Waals surface area contributed by atoms with Crippen LogP contribution in [-0.4, -0.2) is 76.4 Å². The average molecular weight is 745 g/mol. The van der Waals surface area contributed by atoms with Gasteiger partial charge in [-0.3, -0.25) is 14.7 Å². The van der Waals surface area contributed by atoms with Crippen LogP contribution in [0.15, 0.2) is 71.9 Å². The van der Waals surface area contributed by atoms with Crippen LogP contribution in [0.5, 0.6) is 0 Å². The molecule has 12 nitrogen and oxygen atoms in total. The molecule has 1 aromatic heterocycles. The highest BCUT2D eigenvalue weighted by Gasteiger charge is 2.43. The third-order valence-electron chi connectivity index (χ3n) is 7.37. The van der Waals surface area contributed by atoms with E-state index in [1.165, 1.54) is 24.1 Å². The van der Waals surface area contributed by atoms with Crippen LogP contribution in [0, 0.1) is 11.6 Å².